The van der Waals surface area contributed by atoms with Crippen molar-refractivity contribution in [3.8, 4) is 0 Å². The number of carboxylic acid groups (broad SMARTS) is 1. The number of carbonyl (C=O) groups excluding carboxylic acids is 2. The van der Waals surface area contributed by atoms with E-state index >= 15 is 0 Å². The van der Waals surface area contributed by atoms with E-state index in [9.17, 15) is 23.9 Å². The van der Waals surface area contributed by atoms with Gasteiger partial charge in [0, 0.05) is 11.6 Å². The second kappa shape index (κ2) is 7.48. The number of nitrogens with one attached hydrogen (secondary N) is 1. The van der Waals surface area contributed by atoms with Crippen LogP contribution in [0.4, 0.5) is 9.39 Å². The molecular formula is C19H19FN2O4S. The minimum atomic E-state index is -1.05. The van der Waals surface area contributed by atoms with Crippen molar-refractivity contribution in [2.45, 2.75) is 38.8 Å². The third kappa shape index (κ3) is 4.16. The number of aryl methyl sites for hydroxylation is 1. The summed E-state index contributed by atoms with van der Waals surface area (Å²) >= 11 is 1.09. The van der Waals surface area contributed by atoms with Crippen LogP contribution >= 0.6 is 11.3 Å². The molecule has 3 rings (SSSR count). The minimum absolute atomic E-state index is 0.0598. The lowest BCUT2D eigenvalue weighted by molar-refractivity contribution is -0.141. The molecule has 1 atom stereocenters. The van der Waals surface area contributed by atoms with Crippen molar-refractivity contribution in [3.63, 3.8) is 0 Å². The SMILES string of the molecule is Cc1cc(NC(=O)c2cccc(F)c2)sc1C(=O)N(C1CC1)C(C)C(=O)O. The molecule has 6 nitrogen and oxygen atoms in total. The van der Waals surface area contributed by atoms with Crippen LogP contribution < -0.4 is 5.32 Å². The van der Waals surface area contributed by atoms with Crippen molar-refractivity contribution in [1.82, 2.24) is 4.90 Å². The number of amides is 2. The molecular weight excluding hydrogens is 371 g/mol. The number of halogens is 1. The van der Waals surface area contributed by atoms with Gasteiger partial charge in [-0.1, -0.05) is 6.07 Å². The Hall–Kier alpha value is -2.74. The topological polar surface area (TPSA) is 86.7 Å². The van der Waals surface area contributed by atoms with E-state index in [1.54, 1.807) is 13.0 Å². The van der Waals surface area contributed by atoms with Crippen LogP contribution in [0.2, 0.25) is 0 Å². The number of nitrogens with zero attached hydrogens (tertiary/aromatic N) is 1. The number of anilines is 1. The van der Waals surface area contributed by atoms with Crippen LogP contribution in [-0.2, 0) is 4.79 Å². The predicted octanol–water partition coefficient (Wildman–Crippen LogP) is 3.53. The maximum absolute atomic E-state index is 13.3. The molecule has 1 aromatic carbocycles. The van der Waals surface area contributed by atoms with Gasteiger partial charge in [-0.2, -0.15) is 0 Å². The number of rotatable bonds is 6. The van der Waals surface area contributed by atoms with Crippen LogP contribution in [-0.4, -0.2) is 39.9 Å². The summed E-state index contributed by atoms with van der Waals surface area (Å²) in [5, 5.41) is 12.4. The van der Waals surface area contributed by atoms with Gasteiger partial charge in [-0.25, -0.2) is 9.18 Å². The number of thiophene rings is 1. The highest BCUT2D eigenvalue weighted by Gasteiger charge is 2.39. The first-order chi connectivity index (χ1) is 12.8. The van der Waals surface area contributed by atoms with Gasteiger partial charge in [-0.15, -0.1) is 11.3 Å². The van der Waals surface area contributed by atoms with Crippen LogP contribution in [0.25, 0.3) is 0 Å². The highest BCUT2D eigenvalue weighted by molar-refractivity contribution is 7.18. The van der Waals surface area contributed by atoms with Crippen molar-refractivity contribution in [2.75, 3.05) is 5.32 Å². The summed E-state index contributed by atoms with van der Waals surface area (Å²) in [5.41, 5.74) is 0.829. The third-order valence-corrected chi connectivity index (χ3v) is 5.53. The van der Waals surface area contributed by atoms with Crippen molar-refractivity contribution in [1.29, 1.82) is 0 Å². The van der Waals surface area contributed by atoms with E-state index < -0.39 is 23.7 Å². The molecule has 27 heavy (non-hydrogen) atoms. The molecule has 1 aromatic heterocycles. The largest absolute Gasteiger partial charge is 0.480 e. The lowest BCUT2D eigenvalue weighted by Crippen LogP contribution is -2.44. The molecule has 0 bridgehead atoms. The highest BCUT2D eigenvalue weighted by atomic mass is 32.1. The molecule has 2 amide bonds. The first-order valence-electron chi connectivity index (χ1n) is 8.50. The fourth-order valence-electron chi connectivity index (χ4n) is 2.82. The van der Waals surface area contributed by atoms with Gasteiger partial charge in [0.1, 0.15) is 11.9 Å². The zero-order valence-electron chi connectivity index (χ0n) is 14.9. The average Bonchev–Trinajstić information content (AvgIpc) is 3.37. The molecule has 1 heterocycles. The van der Waals surface area contributed by atoms with Crippen LogP contribution in [0.3, 0.4) is 0 Å². The number of benzene rings is 1. The van der Waals surface area contributed by atoms with Crippen LogP contribution in [0.1, 0.15) is 45.4 Å². The fourth-order valence-corrected chi connectivity index (χ4v) is 3.83. The Labute approximate surface area is 159 Å². The lowest BCUT2D eigenvalue weighted by atomic mass is 10.2. The Kier molecular flexibility index (Phi) is 5.27. The number of carbonyl (C=O) groups is 3. The Morgan fingerprint density at radius 1 is 1.30 bits per heavy atom. The molecule has 8 heteroatoms. The maximum Gasteiger partial charge on any atom is 0.326 e. The molecule has 2 N–H and O–H groups in total. The average molecular weight is 390 g/mol. The Morgan fingerprint density at radius 3 is 2.59 bits per heavy atom. The van der Waals surface area contributed by atoms with Gasteiger partial charge in [-0.05, 0) is 56.5 Å². The van der Waals surface area contributed by atoms with Crippen molar-refractivity contribution in [2.24, 2.45) is 0 Å². The number of aliphatic carboxylic acids is 1. The molecule has 1 aliphatic rings. The molecule has 0 spiro atoms. The molecule has 1 fully saturated rings. The van der Waals surface area contributed by atoms with Crippen molar-refractivity contribution in [3.05, 3.63) is 52.2 Å². The summed E-state index contributed by atoms with van der Waals surface area (Å²) in [6.07, 6.45) is 1.58. The van der Waals surface area contributed by atoms with E-state index in [0.29, 0.717) is 15.4 Å². The van der Waals surface area contributed by atoms with Crippen molar-refractivity contribution >= 4 is 34.1 Å². The second-order valence-corrected chi connectivity index (χ2v) is 7.60. The Balaban J connectivity index is 1.80. The molecule has 1 aliphatic carbocycles. The molecule has 0 aliphatic heterocycles. The fraction of sp³-hybridized carbons (Fsp3) is 0.316. The molecule has 1 unspecified atom stereocenters. The summed E-state index contributed by atoms with van der Waals surface area (Å²) in [6, 6.07) is 6.00. The van der Waals surface area contributed by atoms with E-state index in [2.05, 4.69) is 5.32 Å². The minimum Gasteiger partial charge on any atom is -0.480 e. The molecule has 142 valence electrons. The van der Waals surface area contributed by atoms with Gasteiger partial charge in [0.2, 0.25) is 0 Å². The summed E-state index contributed by atoms with van der Waals surface area (Å²) in [5.74, 6) is -2.39. The predicted molar refractivity (Wildman–Crippen MR) is 99.7 cm³/mol. The van der Waals surface area contributed by atoms with Gasteiger partial charge < -0.3 is 15.3 Å². The maximum atomic E-state index is 13.3. The van der Waals surface area contributed by atoms with Crippen LogP contribution in [0, 0.1) is 12.7 Å². The zero-order valence-corrected chi connectivity index (χ0v) is 15.7. The van der Waals surface area contributed by atoms with Gasteiger partial charge in [-0.3, -0.25) is 9.59 Å². The molecule has 2 aromatic rings. The van der Waals surface area contributed by atoms with E-state index in [1.165, 1.54) is 30.0 Å². The third-order valence-electron chi connectivity index (χ3n) is 4.38. The summed E-state index contributed by atoms with van der Waals surface area (Å²) in [4.78, 5) is 38.3. The number of hydrogen-bond donors (Lipinski definition) is 2. The molecule has 0 radical (unpaired) electrons. The first kappa shape index (κ1) is 19.0. The van der Waals surface area contributed by atoms with E-state index in [-0.39, 0.29) is 17.5 Å². The zero-order chi connectivity index (χ0) is 19.7. The Morgan fingerprint density at radius 2 is 2.00 bits per heavy atom. The quantitative estimate of drug-likeness (QED) is 0.790. The molecule has 0 saturated heterocycles. The number of carboxylic acids is 1. The monoisotopic (exact) mass is 390 g/mol. The Bertz CT molecular complexity index is 907. The summed E-state index contributed by atoms with van der Waals surface area (Å²) in [7, 11) is 0. The van der Waals surface area contributed by atoms with E-state index in [0.717, 1.165) is 30.2 Å². The van der Waals surface area contributed by atoms with Gasteiger partial charge in [0.05, 0.1) is 9.88 Å². The smallest absolute Gasteiger partial charge is 0.326 e. The van der Waals surface area contributed by atoms with Crippen LogP contribution in [0.15, 0.2) is 30.3 Å². The second-order valence-electron chi connectivity index (χ2n) is 6.55. The first-order valence-corrected chi connectivity index (χ1v) is 9.32. The van der Waals surface area contributed by atoms with Gasteiger partial charge in [0.25, 0.3) is 11.8 Å². The van der Waals surface area contributed by atoms with Gasteiger partial charge in [0.15, 0.2) is 0 Å². The summed E-state index contributed by atoms with van der Waals surface area (Å²) < 4.78 is 13.3. The van der Waals surface area contributed by atoms with E-state index in [4.69, 9.17) is 0 Å². The normalized spacial score (nSPS) is 14.5. The lowest BCUT2D eigenvalue weighted by Gasteiger charge is -2.26. The molecule has 1 saturated carbocycles. The van der Waals surface area contributed by atoms with Gasteiger partial charge >= 0.3 is 5.97 Å². The number of hydrogen-bond acceptors (Lipinski definition) is 4. The highest BCUT2D eigenvalue weighted by Crippen LogP contribution is 2.34. The van der Waals surface area contributed by atoms with Crippen molar-refractivity contribution < 1.29 is 23.9 Å². The van der Waals surface area contributed by atoms with E-state index in [1.807, 2.05) is 0 Å². The van der Waals surface area contributed by atoms with Crippen LogP contribution in [0.5, 0.6) is 0 Å². The standard InChI is InChI=1S/C19H19FN2O4S/c1-10-8-15(21-17(23)12-4-3-5-13(20)9-12)27-16(10)18(24)22(14-6-7-14)11(2)19(25)26/h3-5,8-9,11,14H,6-7H2,1-2H3,(H,21,23)(H,25,26). The summed E-state index contributed by atoms with van der Waals surface area (Å²) in [6.45, 7) is 3.23.